The Bertz CT molecular complexity index is 456. The van der Waals surface area contributed by atoms with Gasteiger partial charge in [0.25, 0.3) is 0 Å². The molecule has 0 amide bonds. The monoisotopic (exact) mass is 256 g/mol. The maximum absolute atomic E-state index is 9.56. The number of fused-ring (bicyclic) bond motifs is 1. The first-order chi connectivity index (χ1) is 6.74. The van der Waals surface area contributed by atoms with Gasteiger partial charge in [0, 0.05) is 18.9 Å². The molecule has 0 saturated heterocycles. The van der Waals surface area contributed by atoms with E-state index in [1.54, 1.807) is 23.0 Å². The summed E-state index contributed by atoms with van der Waals surface area (Å²) in [6.07, 6.45) is 4.29. The molecule has 74 valence electrons. The Morgan fingerprint density at radius 3 is 3.07 bits per heavy atom. The summed E-state index contributed by atoms with van der Waals surface area (Å²) >= 11 is 3.35. The summed E-state index contributed by atoms with van der Waals surface area (Å²) in [5.41, 5.74) is 6.58. The minimum absolute atomic E-state index is 0.149. The van der Waals surface area contributed by atoms with E-state index in [1.807, 2.05) is 0 Å². The van der Waals surface area contributed by atoms with Gasteiger partial charge in [-0.2, -0.15) is 0 Å². The third-order valence-corrected chi connectivity index (χ3v) is 2.72. The van der Waals surface area contributed by atoms with Crippen molar-refractivity contribution < 1.29 is 5.11 Å². The average Bonchev–Trinajstić information content (AvgIpc) is 2.56. The van der Waals surface area contributed by atoms with E-state index >= 15 is 0 Å². The van der Waals surface area contributed by atoms with Crippen LogP contribution in [0.3, 0.4) is 0 Å². The number of aromatic nitrogens is 3. The number of rotatable bonds is 2. The van der Waals surface area contributed by atoms with E-state index in [9.17, 15) is 5.11 Å². The summed E-state index contributed by atoms with van der Waals surface area (Å²) in [5, 5.41) is 9.56. The van der Waals surface area contributed by atoms with Gasteiger partial charge in [-0.3, -0.25) is 9.38 Å². The largest absolute Gasteiger partial charge is 0.385 e. The molecule has 0 aliphatic rings. The van der Waals surface area contributed by atoms with E-state index in [4.69, 9.17) is 5.73 Å². The van der Waals surface area contributed by atoms with E-state index in [2.05, 4.69) is 25.9 Å². The number of hydrogen-bond acceptors (Lipinski definition) is 4. The van der Waals surface area contributed by atoms with Gasteiger partial charge < -0.3 is 10.8 Å². The number of aliphatic hydroxyl groups excluding tert-OH is 1. The molecule has 2 aromatic rings. The lowest BCUT2D eigenvalue weighted by molar-refractivity contribution is 0.181. The van der Waals surface area contributed by atoms with Crippen LogP contribution < -0.4 is 5.73 Å². The van der Waals surface area contributed by atoms with Crippen LogP contribution >= 0.6 is 15.9 Å². The molecular weight excluding hydrogens is 248 g/mol. The van der Waals surface area contributed by atoms with Gasteiger partial charge in [-0.25, -0.2) is 4.98 Å². The first kappa shape index (κ1) is 9.57. The molecular formula is C8H9BrN4O. The molecule has 2 aromatic heterocycles. The van der Waals surface area contributed by atoms with Gasteiger partial charge in [-0.1, -0.05) is 0 Å². The molecule has 5 nitrogen and oxygen atoms in total. The maximum atomic E-state index is 9.56. The summed E-state index contributed by atoms with van der Waals surface area (Å²) < 4.78 is 2.51. The lowest BCUT2D eigenvalue weighted by atomic mass is 10.3. The van der Waals surface area contributed by atoms with Gasteiger partial charge in [0.2, 0.25) is 0 Å². The fourth-order valence-corrected chi connectivity index (χ4v) is 1.87. The van der Waals surface area contributed by atoms with Gasteiger partial charge in [-0.05, 0) is 15.9 Å². The van der Waals surface area contributed by atoms with Crippen molar-refractivity contribution in [2.24, 2.45) is 5.73 Å². The van der Waals surface area contributed by atoms with Gasteiger partial charge in [-0.15, -0.1) is 0 Å². The summed E-state index contributed by atoms with van der Waals surface area (Å²) in [6.45, 7) is 0.149. The number of nitrogens with two attached hydrogens (primary N) is 1. The van der Waals surface area contributed by atoms with Crippen LogP contribution in [0.25, 0.3) is 5.65 Å². The second-order valence-corrected chi connectivity index (χ2v) is 3.60. The van der Waals surface area contributed by atoms with E-state index in [-0.39, 0.29) is 6.54 Å². The molecule has 6 heteroatoms. The zero-order chi connectivity index (χ0) is 10.1. The van der Waals surface area contributed by atoms with Crippen molar-refractivity contribution in [3.8, 4) is 0 Å². The first-order valence-corrected chi connectivity index (χ1v) is 4.89. The van der Waals surface area contributed by atoms with Crippen LogP contribution in [0.1, 0.15) is 11.8 Å². The van der Waals surface area contributed by atoms with Gasteiger partial charge >= 0.3 is 0 Å². The highest BCUT2D eigenvalue weighted by atomic mass is 79.9. The summed E-state index contributed by atoms with van der Waals surface area (Å²) in [6, 6.07) is 0. The number of halogens is 1. The van der Waals surface area contributed by atoms with Gasteiger partial charge in [0.15, 0.2) is 5.65 Å². The highest BCUT2D eigenvalue weighted by molar-refractivity contribution is 9.10. The summed E-state index contributed by atoms with van der Waals surface area (Å²) in [7, 11) is 0. The second kappa shape index (κ2) is 3.64. The first-order valence-electron chi connectivity index (χ1n) is 4.09. The van der Waals surface area contributed by atoms with E-state index in [0.29, 0.717) is 15.9 Å². The molecule has 2 rings (SSSR count). The second-order valence-electron chi connectivity index (χ2n) is 2.84. The van der Waals surface area contributed by atoms with Crippen molar-refractivity contribution in [3.63, 3.8) is 0 Å². The minimum Gasteiger partial charge on any atom is -0.385 e. The molecule has 0 aromatic carbocycles. The predicted molar refractivity (Wildman–Crippen MR) is 54.7 cm³/mol. The summed E-state index contributed by atoms with van der Waals surface area (Å²) in [5.74, 6) is 0. The molecule has 3 N–H and O–H groups in total. The van der Waals surface area contributed by atoms with Crippen molar-refractivity contribution in [2.75, 3.05) is 6.54 Å². The Morgan fingerprint density at radius 1 is 1.64 bits per heavy atom. The Morgan fingerprint density at radius 2 is 2.43 bits per heavy atom. The van der Waals surface area contributed by atoms with E-state index in [0.717, 1.165) is 0 Å². The van der Waals surface area contributed by atoms with Crippen molar-refractivity contribution in [3.05, 3.63) is 28.9 Å². The molecule has 0 spiro atoms. The number of nitrogens with zero attached hydrogens (tertiary/aromatic N) is 3. The summed E-state index contributed by atoms with van der Waals surface area (Å²) in [4.78, 5) is 8.14. The molecule has 0 saturated carbocycles. The Balaban J connectivity index is 2.62. The third-order valence-electron chi connectivity index (χ3n) is 1.94. The van der Waals surface area contributed by atoms with Crippen molar-refractivity contribution in [1.29, 1.82) is 0 Å². The van der Waals surface area contributed by atoms with Crippen molar-refractivity contribution in [1.82, 2.24) is 14.4 Å². The number of imidazole rings is 1. The highest BCUT2D eigenvalue weighted by Crippen LogP contribution is 2.23. The molecule has 14 heavy (non-hydrogen) atoms. The maximum Gasteiger partial charge on any atom is 0.156 e. The zero-order valence-corrected chi connectivity index (χ0v) is 8.85. The third kappa shape index (κ3) is 1.41. The average molecular weight is 257 g/mol. The Hall–Kier alpha value is -0.980. The molecule has 0 aliphatic carbocycles. The van der Waals surface area contributed by atoms with Gasteiger partial charge in [0.05, 0.1) is 6.20 Å². The fourth-order valence-electron chi connectivity index (χ4n) is 1.22. The normalized spacial score (nSPS) is 13.4. The molecule has 0 radical (unpaired) electrons. The Kier molecular flexibility index (Phi) is 2.49. The highest BCUT2D eigenvalue weighted by Gasteiger charge is 2.15. The van der Waals surface area contributed by atoms with E-state index < -0.39 is 6.10 Å². The fraction of sp³-hybridized carbons (Fsp3) is 0.250. The number of hydrogen-bond donors (Lipinski definition) is 2. The molecule has 0 fully saturated rings. The number of aliphatic hydroxyl groups is 1. The predicted octanol–water partition coefficient (Wildman–Crippen LogP) is 0.484. The van der Waals surface area contributed by atoms with Crippen molar-refractivity contribution in [2.45, 2.75) is 6.10 Å². The lowest BCUT2D eigenvalue weighted by Crippen LogP contribution is -2.12. The van der Waals surface area contributed by atoms with Crippen LogP contribution in [0.4, 0.5) is 0 Å². The molecule has 1 atom stereocenters. The van der Waals surface area contributed by atoms with Gasteiger partial charge in [0.1, 0.15) is 16.4 Å². The smallest absolute Gasteiger partial charge is 0.156 e. The van der Waals surface area contributed by atoms with Crippen LogP contribution in [0.5, 0.6) is 0 Å². The standard InChI is InChI=1S/C8H9BrN4O/c9-8-7(5(14)3-10)12-6-4-11-1-2-13(6)8/h1-2,4-5,14H,3,10H2. The molecule has 2 heterocycles. The molecule has 0 bridgehead atoms. The quantitative estimate of drug-likeness (QED) is 0.820. The topological polar surface area (TPSA) is 76.4 Å². The van der Waals surface area contributed by atoms with Crippen LogP contribution in [-0.4, -0.2) is 26.0 Å². The van der Waals surface area contributed by atoms with Crippen LogP contribution in [0.15, 0.2) is 23.2 Å². The lowest BCUT2D eigenvalue weighted by Gasteiger charge is -2.03. The Labute approximate surface area is 88.7 Å². The minimum atomic E-state index is -0.746. The zero-order valence-electron chi connectivity index (χ0n) is 7.26. The van der Waals surface area contributed by atoms with E-state index in [1.165, 1.54) is 0 Å². The van der Waals surface area contributed by atoms with Crippen LogP contribution in [0, 0.1) is 0 Å². The van der Waals surface area contributed by atoms with Crippen LogP contribution in [0.2, 0.25) is 0 Å². The molecule has 0 aliphatic heterocycles. The molecule has 1 unspecified atom stereocenters. The SMILES string of the molecule is NCC(O)c1nc2cnccn2c1Br. The van der Waals surface area contributed by atoms with Crippen molar-refractivity contribution >= 4 is 21.6 Å². The van der Waals surface area contributed by atoms with Crippen LogP contribution in [-0.2, 0) is 0 Å².